The van der Waals surface area contributed by atoms with Crippen LogP contribution >= 0.6 is 23.2 Å². The SMILES string of the molecule is O=C1[N]Nc2c1cc([N+](=O)[O-])c(Cl)c2Cc1ccccc1Cl. The van der Waals surface area contributed by atoms with Crippen LogP contribution in [0.4, 0.5) is 11.4 Å². The Labute approximate surface area is 135 Å². The van der Waals surface area contributed by atoms with Crippen LogP contribution in [0.1, 0.15) is 21.5 Å². The zero-order valence-corrected chi connectivity index (χ0v) is 12.5. The lowest BCUT2D eigenvalue weighted by Crippen LogP contribution is -2.10. The molecule has 0 unspecified atom stereocenters. The van der Waals surface area contributed by atoms with E-state index in [0.717, 1.165) is 11.6 Å². The zero-order chi connectivity index (χ0) is 15.9. The predicted octanol–water partition coefficient (Wildman–Crippen LogP) is 3.58. The van der Waals surface area contributed by atoms with E-state index < -0.39 is 10.8 Å². The highest BCUT2D eigenvalue weighted by atomic mass is 35.5. The van der Waals surface area contributed by atoms with Crippen LogP contribution in [0.5, 0.6) is 0 Å². The Hall–Kier alpha value is -2.31. The van der Waals surface area contributed by atoms with Gasteiger partial charge in [-0.25, -0.2) is 0 Å². The third-order valence-electron chi connectivity index (χ3n) is 3.36. The first kappa shape index (κ1) is 14.6. The van der Waals surface area contributed by atoms with E-state index >= 15 is 0 Å². The van der Waals surface area contributed by atoms with Crippen molar-refractivity contribution in [1.82, 2.24) is 5.43 Å². The van der Waals surface area contributed by atoms with E-state index in [0.29, 0.717) is 16.3 Å². The lowest BCUT2D eigenvalue weighted by Gasteiger charge is -2.11. The molecule has 1 aliphatic heterocycles. The Kier molecular flexibility index (Phi) is 3.64. The first-order valence-electron chi connectivity index (χ1n) is 6.23. The molecule has 0 aromatic heterocycles. The summed E-state index contributed by atoms with van der Waals surface area (Å²) in [6, 6.07) is 8.22. The highest BCUT2D eigenvalue weighted by Crippen LogP contribution is 2.40. The van der Waals surface area contributed by atoms with Crippen molar-refractivity contribution < 1.29 is 9.72 Å². The number of amides is 1. The fourth-order valence-electron chi connectivity index (χ4n) is 2.29. The quantitative estimate of drug-likeness (QED) is 0.685. The number of benzene rings is 2. The summed E-state index contributed by atoms with van der Waals surface area (Å²) in [7, 11) is 0. The Morgan fingerprint density at radius 2 is 2.00 bits per heavy atom. The van der Waals surface area contributed by atoms with Crippen LogP contribution in [0.25, 0.3) is 0 Å². The van der Waals surface area contributed by atoms with Crippen molar-refractivity contribution in [1.29, 1.82) is 0 Å². The minimum Gasteiger partial charge on any atom is -0.274 e. The van der Waals surface area contributed by atoms with Crippen molar-refractivity contribution in [2.75, 3.05) is 5.43 Å². The minimum absolute atomic E-state index is 0.0268. The molecule has 0 fully saturated rings. The minimum atomic E-state index is -0.621. The molecule has 2 aromatic rings. The van der Waals surface area contributed by atoms with Gasteiger partial charge in [0.2, 0.25) is 0 Å². The lowest BCUT2D eigenvalue weighted by atomic mass is 9.99. The van der Waals surface area contributed by atoms with Crippen LogP contribution in [0.15, 0.2) is 30.3 Å². The lowest BCUT2D eigenvalue weighted by molar-refractivity contribution is -0.384. The number of rotatable bonds is 3. The van der Waals surface area contributed by atoms with Gasteiger partial charge in [0, 0.05) is 23.1 Å². The maximum atomic E-state index is 11.7. The van der Waals surface area contributed by atoms with Crippen LogP contribution in [0, 0.1) is 10.1 Å². The Morgan fingerprint density at radius 3 is 2.68 bits per heavy atom. The number of nitrogens with one attached hydrogen (secondary N) is 1. The van der Waals surface area contributed by atoms with E-state index in [1.54, 1.807) is 24.3 Å². The number of fused-ring (bicyclic) bond motifs is 1. The average Bonchev–Trinajstić information content (AvgIpc) is 2.84. The van der Waals surface area contributed by atoms with Crippen LogP contribution < -0.4 is 10.9 Å². The Balaban J connectivity index is 2.18. The fraction of sp³-hybridized carbons (Fsp3) is 0.0714. The second kappa shape index (κ2) is 5.47. The fourth-order valence-corrected chi connectivity index (χ4v) is 2.78. The summed E-state index contributed by atoms with van der Waals surface area (Å²) in [6.07, 6.45) is 0.248. The first-order chi connectivity index (χ1) is 10.5. The molecule has 0 saturated carbocycles. The number of nitrogens with zero attached hydrogens (tertiary/aromatic N) is 2. The molecule has 1 amide bonds. The summed E-state index contributed by atoms with van der Waals surface area (Å²) in [5.74, 6) is -0.560. The second-order valence-electron chi connectivity index (χ2n) is 4.66. The first-order valence-corrected chi connectivity index (χ1v) is 6.99. The molecule has 3 rings (SSSR count). The summed E-state index contributed by atoms with van der Waals surface area (Å²) in [6.45, 7) is 0. The van der Waals surface area contributed by atoms with E-state index in [4.69, 9.17) is 23.2 Å². The van der Waals surface area contributed by atoms with Gasteiger partial charge in [0.1, 0.15) is 5.02 Å². The van der Waals surface area contributed by atoms with Crippen molar-refractivity contribution in [3.63, 3.8) is 0 Å². The monoisotopic (exact) mass is 336 g/mol. The molecular formula is C14H8Cl2N3O3. The second-order valence-corrected chi connectivity index (χ2v) is 5.45. The van der Waals surface area contributed by atoms with Crippen molar-refractivity contribution in [3.8, 4) is 0 Å². The van der Waals surface area contributed by atoms with Crippen LogP contribution in [-0.2, 0) is 6.42 Å². The summed E-state index contributed by atoms with van der Waals surface area (Å²) in [5.41, 5.74) is 7.53. The van der Waals surface area contributed by atoms with Gasteiger partial charge >= 0.3 is 0 Å². The molecule has 1 aliphatic rings. The van der Waals surface area contributed by atoms with Crippen molar-refractivity contribution >= 4 is 40.5 Å². The molecule has 0 atom stereocenters. The van der Waals surface area contributed by atoms with Crippen LogP contribution in [0.2, 0.25) is 10.0 Å². The maximum absolute atomic E-state index is 11.7. The molecular weight excluding hydrogens is 329 g/mol. The molecule has 22 heavy (non-hydrogen) atoms. The largest absolute Gasteiger partial charge is 0.295 e. The van der Waals surface area contributed by atoms with Crippen molar-refractivity contribution in [3.05, 3.63) is 67.2 Å². The van der Waals surface area contributed by atoms with Gasteiger partial charge in [-0.3, -0.25) is 20.3 Å². The molecule has 111 valence electrons. The van der Waals surface area contributed by atoms with E-state index in [9.17, 15) is 14.9 Å². The van der Waals surface area contributed by atoms with E-state index in [2.05, 4.69) is 10.9 Å². The maximum Gasteiger partial charge on any atom is 0.295 e. The van der Waals surface area contributed by atoms with Gasteiger partial charge in [-0.1, -0.05) is 41.4 Å². The number of carbonyl (C=O) groups excluding carboxylic acids is 1. The van der Waals surface area contributed by atoms with E-state index in [-0.39, 0.29) is 22.7 Å². The molecule has 0 aliphatic carbocycles. The number of hydrogen-bond acceptors (Lipinski definition) is 4. The van der Waals surface area contributed by atoms with Crippen LogP contribution in [-0.4, -0.2) is 10.8 Å². The Bertz CT molecular complexity index is 807. The van der Waals surface area contributed by atoms with Gasteiger partial charge in [-0.05, 0) is 11.6 Å². The normalized spacial score (nSPS) is 12.5. The molecule has 2 aromatic carbocycles. The number of nitro groups is 1. The number of anilines is 1. The Morgan fingerprint density at radius 1 is 1.27 bits per heavy atom. The molecule has 0 spiro atoms. The molecule has 1 radical (unpaired) electrons. The average molecular weight is 337 g/mol. The summed E-state index contributed by atoms with van der Waals surface area (Å²) in [4.78, 5) is 22.2. The van der Waals surface area contributed by atoms with Crippen molar-refractivity contribution in [2.45, 2.75) is 6.42 Å². The third-order valence-corrected chi connectivity index (χ3v) is 4.15. The predicted molar refractivity (Wildman–Crippen MR) is 82.5 cm³/mol. The highest BCUT2D eigenvalue weighted by Gasteiger charge is 2.31. The third kappa shape index (κ3) is 2.36. The highest BCUT2D eigenvalue weighted by molar-refractivity contribution is 6.34. The topological polar surface area (TPSA) is 86.3 Å². The molecule has 6 nitrogen and oxygen atoms in total. The van der Waals surface area contributed by atoms with Gasteiger partial charge in [0.25, 0.3) is 11.6 Å². The van der Waals surface area contributed by atoms with Gasteiger partial charge in [-0.15, -0.1) is 5.43 Å². The molecule has 1 heterocycles. The summed E-state index contributed by atoms with van der Waals surface area (Å²) >= 11 is 12.3. The number of hydrogen-bond donors (Lipinski definition) is 1. The molecule has 0 saturated heterocycles. The standard InChI is InChI=1S/C14H8Cl2N3O3/c15-10-4-2-1-3-7(10)5-8-12(16)11(19(21)22)6-9-13(8)17-18-14(9)20/h1-4,6,17H,5H2. The van der Waals surface area contributed by atoms with Gasteiger partial charge in [0.15, 0.2) is 0 Å². The number of nitro benzene ring substituents is 1. The number of halogens is 2. The smallest absolute Gasteiger partial charge is 0.274 e. The molecule has 1 N–H and O–H groups in total. The van der Waals surface area contributed by atoms with E-state index in [1.165, 1.54) is 0 Å². The molecule has 0 bridgehead atoms. The zero-order valence-electron chi connectivity index (χ0n) is 11.0. The van der Waals surface area contributed by atoms with E-state index in [1.807, 2.05) is 0 Å². The van der Waals surface area contributed by atoms with Crippen LogP contribution in [0.3, 0.4) is 0 Å². The van der Waals surface area contributed by atoms with Gasteiger partial charge in [-0.2, -0.15) is 0 Å². The van der Waals surface area contributed by atoms with Gasteiger partial charge < -0.3 is 0 Å². The number of carbonyl (C=O) groups is 1. The summed E-state index contributed by atoms with van der Waals surface area (Å²) in [5, 5.41) is 11.6. The van der Waals surface area contributed by atoms with Crippen molar-refractivity contribution in [2.24, 2.45) is 0 Å². The molecule has 8 heteroatoms. The summed E-state index contributed by atoms with van der Waals surface area (Å²) < 4.78 is 0. The van der Waals surface area contributed by atoms with Gasteiger partial charge in [0.05, 0.1) is 16.2 Å².